The number of pyridine rings is 1. The first-order valence-corrected chi connectivity index (χ1v) is 6.84. The molecule has 1 aromatic carbocycles. The second-order valence-electron chi connectivity index (χ2n) is 5.04. The monoisotopic (exact) mass is 284 g/mol. The number of nitrogens with zero attached hydrogens (tertiary/aromatic N) is 2. The van der Waals surface area contributed by atoms with Crippen LogP contribution in [-0.4, -0.2) is 24.9 Å². The average molecular weight is 284 g/mol. The number of methoxy groups -OCH3 is 1. The Hall–Kier alpha value is -2.36. The molecular weight excluding hydrogens is 264 g/mol. The van der Waals surface area contributed by atoms with Gasteiger partial charge in [-0.2, -0.15) is 0 Å². The lowest BCUT2D eigenvalue weighted by atomic mass is 10.1. The molecule has 0 N–H and O–H groups in total. The topological polar surface area (TPSA) is 42.4 Å². The van der Waals surface area contributed by atoms with Crippen LogP contribution in [0.2, 0.25) is 0 Å². The second kappa shape index (κ2) is 6.39. The number of aromatic nitrogens is 1. The molecule has 0 saturated heterocycles. The summed E-state index contributed by atoms with van der Waals surface area (Å²) in [4.78, 5) is 18.4. The smallest absolute Gasteiger partial charge is 0.165 e. The maximum Gasteiger partial charge on any atom is 0.165 e. The zero-order chi connectivity index (χ0) is 15.4. The first-order valence-electron chi connectivity index (χ1n) is 6.84. The maximum absolute atomic E-state index is 11.9. The van der Waals surface area contributed by atoms with Crippen molar-refractivity contribution >= 4 is 11.5 Å². The molecule has 0 fully saturated rings. The molecule has 0 spiro atoms. The minimum absolute atomic E-state index is 0.00787. The van der Waals surface area contributed by atoms with Gasteiger partial charge in [0.05, 0.1) is 30.6 Å². The molecule has 0 unspecified atom stereocenters. The molecule has 0 atom stereocenters. The van der Waals surface area contributed by atoms with Crippen LogP contribution < -0.4 is 9.64 Å². The molecule has 110 valence electrons. The van der Waals surface area contributed by atoms with Gasteiger partial charge in [0.2, 0.25) is 0 Å². The summed E-state index contributed by atoms with van der Waals surface area (Å²) < 4.78 is 5.30. The van der Waals surface area contributed by atoms with Crippen molar-refractivity contribution in [3.8, 4) is 5.75 Å². The third-order valence-corrected chi connectivity index (χ3v) is 3.33. The standard InChI is InChI=1S/C17H20N2O2/c1-12-7-5-8-14(18-12)11-19(3)15-9-6-10-16(21-4)17(15)13(2)20/h5-10H,11H2,1-4H3. The Morgan fingerprint density at radius 2 is 1.95 bits per heavy atom. The normalized spacial score (nSPS) is 10.3. The Morgan fingerprint density at radius 1 is 1.24 bits per heavy atom. The Bertz CT molecular complexity index is 653. The number of carbonyl (C=O) groups excluding carboxylic acids is 1. The first-order chi connectivity index (χ1) is 10.0. The second-order valence-corrected chi connectivity index (χ2v) is 5.04. The fourth-order valence-electron chi connectivity index (χ4n) is 2.38. The molecule has 4 nitrogen and oxygen atoms in total. The van der Waals surface area contributed by atoms with Crippen molar-refractivity contribution in [2.24, 2.45) is 0 Å². The van der Waals surface area contributed by atoms with Crippen LogP contribution in [0.1, 0.15) is 28.7 Å². The quantitative estimate of drug-likeness (QED) is 0.791. The Balaban J connectivity index is 2.35. The van der Waals surface area contributed by atoms with Crippen molar-refractivity contribution in [2.75, 3.05) is 19.1 Å². The number of benzene rings is 1. The van der Waals surface area contributed by atoms with Crippen LogP contribution in [0, 0.1) is 6.92 Å². The summed E-state index contributed by atoms with van der Waals surface area (Å²) >= 11 is 0. The number of hydrogen-bond acceptors (Lipinski definition) is 4. The van der Waals surface area contributed by atoms with E-state index in [1.54, 1.807) is 20.1 Å². The Labute approximate surface area is 125 Å². The summed E-state index contributed by atoms with van der Waals surface area (Å²) in [6.07, 6.45) is 0. The third kappa shape index (κ3) is 3.40. The van der Waals surface area contributed by atoms with Crippen LogP contribution in [0.15, 0.2) is 36.4 Å². The van der Waals surface area contributed by atoms with E-state index in [0.29, 0.717) is 17.9 Å². The van der Waals surface area contributed by atoms with Crippen molar-refractivity contribution in [2.45, 2.75) is 20.4 Å². The van der Waals surface area contributed by atoms with Gasteiger partial charge in [0, 0.05) is 12.7 Å². The SMILES string of the molecule is COc1cccc(N(C)Cc2cccc(C)n2)c1C(C)=O. The van der Waals surface area contributed by atoms with Gasteiger partial charge in [-0.1, -0.05) is 12.1 Å². The minimum atomic E-state index is -0.00787. The molecule has 2 aromatic rings. The predicted molar refractivity (Wildman–Crippen MR) is 84.1 cm³/mol. The zero-order valence-electron chi connectivity index (χ0n) is 12.9. The van der Waals surface area contributed by atoms with Gasteiger partial charge in [0.25, 0.3) is 0 Å². The highest BCUT2D eigenvalue weighted by Gasteiger charge is 2.16. The molecule has 0 bridgehead atoms. The summed E-state index contributed by atoms with van der Waals surface area (Å²) in [6.45, 7) is 4.16. The molecule has 0 aliphatic rings. The summed E-state index contributed by atoms with van der Waals surface area (Å²) in [5, 5.41) is 0. The maximum atomic E-state index is 11.9. The van der Waals surface area contributed by atoms with Gasteiger partial charge in [-0.15, -0.1) is 0 Å². The molecule has 2 rings (SSSR count). The molecule has 21 heavy (non-hydrogen) atoms. The van der Waals surface area contributed by atoms with Crippen molar-refractivity contribution < 1.29 is 9.53 Å². The molecule has 1 aromatic heterocycles. The molecule has 1 heterocycles. The van der Waals surface area contributed by atoms with Crippen LogP contribution in [0.4, 0.5) is 5.69 Å². The fraction of sp³-hybridized carbons (Fsp3) is 0.294. The van der Waals surface area contributed by atoms with E-state index >= 15 is 0 Å². The van der Waals surface area contributed by atoms with Crippen LogP contribution >= 0.6 is 0 Å². The molecule has 4 heteroatoms. The van der Waals surface area contributed by atoms with Gasteiger partial charge < -0.3 is 9.64 Å². The van der Waals surface area contributed by atoms with Gasteiger partial charge >= 0.3 is 0 Å². The van der Waals surface area contributed by atoms with Crippen molar-refractivity contribution in [3.05, 3.63) is 53.3 Å². The molecule has 0 aliphatic heterocycles. The zero-order valence-corrected chi connectivity index (χ0v) is 12.9. The molecule has 0 amide bonds. The number of rotatable bonds is 5. The van der Waals surface area contributed by atoms with E-state index in [0.717, 1.165) is 17.1 Å². The van der Waals surface area contributed by atoms with Gasteiger partial charge in [-0.3, -0.25) is 9.78 Å². The predicted octanol–water partition coefficient (Wildman–Crippen LogP) is 3.24. The molecule has 0 radical (unpaired) electrons. The van der Waals surface area contributed by atoms with Crippen LogP contribution in [0.3, 0.4) is 0 Å². The van der Waals surface area contributed by atoms with E-state index in [4.69, 9.17) is 4.74 Å². The van der Waals surface area contributed by atoms with Gasteiger partial charge in [-0.05, 0) is 38.1 Å². The van der Waals surface area contributed by atoms with Crippen molar-refractivity contribution in [1.29, 1.82) is 0 Å². The van der Waals surface area contributed by atoms with E-state index in [2.05, 4.69) is 4.98 Å². The van der Waals surface area contributed by atoms with Crippen molar-refractivity contribution in [1.82, 2.24) is 4.98 Å². The van der Waals surface area contributed by atoms with Crippen LogP contribution in [0.25, 0.3) is 0 Å². The van der Waals surface area contributed by atoms with E-state index in [-0.39, 0.29) is 5.78 Å². The average Bonchev–Trinajstić information content (AvgIpc) is 2.46. The highest BCUT2D eigenvalue weighted by Crippen LogP contribution is 2.29. The summed E-state index contributed by atoms with van der Waals surface area (Å²) in [6, 6.07) is 11.6. The number of anilines is 1. The lowest BCUT2D eigenvalue weighted by Crippen LogP contribution is -2.20. The van der Waals surface area contributed by atoms with Crippen LogP contribution in [-0.2, 0) is 6.54 Å². The fourth-order valence-corrected chi connectivity index (χ4v) is 2.38. The van der Waals surface area contributed by atoms with Gasteiger partial charge in [0.15, 0.2) is 5.78 Å². The van der Waals surface area contributed by atoms with Gasteiger partial charge in [0.1, 0.15) is 5.75 Å². The highest BCUT2D eigenvalue weighted by atomic mass is 16.5. The van der Waals surface area contributed by atoms with E-state index in [1.165, 1.54) is 0 Å². The number of Topliss-reactive ketones (excluding diaryl/α,β-unsaturated/α-hetero) is 1. The number of ether oxygens (including phenoxy) is 1. The molecule has 0 saturated carbocycles. The molecular formula is C17H20N2O2. The Kier molecular flexibility index (Phi) is 4.58. The summed E-state index contributed by atoms with van der Waals surface area (Å²) in [5.41, 5.74) is 3.41. The first kappa shape index (κ1) is 15.0. The minimum Gasteiger partial charge on any atom is -0.496 e. The lowest BCUT2D eigenvalue weighted by molar-refractivity contribution is 0.101. The Morgan fingerprint density at radius 3 is 2.57 bits per heavy atom. The van der Waals surface area contributed by atoms with Crippen molar-refractivity contribution in [3.63, 3.8) is 0 Å². The van der Waals surface area contributed by atoms with E-state index in [9.17, 15) is 4.79 Å². The largest absolute Gasteiger partial charge is 0.496 e. The van der Waals surface area contributed by atoms with Crippen LogP contribution in [0.5, 0.6) is 5.75 Å². The van der Waals surface area contributed by atoms with Gasteiger partial charge in [-0.25, -0.2) is 0 Å². The number of ketones is 1. The summed E-state index contributed by atoms with van der Waals surface area (Å²) in [7, 11) is 3.53. The summed E-state index contributed by atoms with van der Waals surface area (Å²) in [5.74, 6) is 0.593. The van der Waals surface area contributed by atoms with E-state index in [1.807, 2.05) is 49.2 Å². The van der Waals surface area contributed by atoms with E-state index < -0.39 is 0 Å². The number of aryl methyl sites for hydroxylation is 1. The highest BCUT2D eigenvalue weighted by molar-refractivity contribution is 6.02. The number of hydrogen-bond donors (Lipinski definition) is 0. The lowest BCUT2D eigenvalue weighted by Gasteiger charge is -2.22. The molecule has 0 aliphatic carbocycles. The number of carbonyl (C=O) groups is 1. The third-order valence-electron chi connectivity index (χ3n) is 3.33.